The molecule has 1 fully saturated rings. The molecule has 3 rings (SSSR count). The molecule has 1 saturated heterocycles. The van der Waals surface area contributed by atoms with Crippen molar-refractivity contribution in [3.05, 3.63) is 63.9 Å². The first-order valence-corrected chi connectivity index (χ1v) is 9.38. The van der Waals surface area contributed by atoms with Crippen LogP contribution in [0, 0.1) is 0 Å². The summed E-state index contributed by atoms with van der Waals surface area (Å²) < 4.78 is 0. The van der Waals surface area contributed by atoms with Gasteiger partial charge < -0.3 is 15.5 Å². The van der Waals surface area contributed by atoms with Crippen LogP contribution in [0.2, 0.25) is 10.0 Å². The second-order valence-electron chi connectivity index (χ2n) is 6.49. The highest BCUT2D eigenvalue weighted by Gasteiger charge is 2.36. The van der Waals surface area contributed by atoms with Crippen LogP contribution in [-0.4, -0.2) is 46.5 Å². The zero-order chi connectivity index (χ0) is 18.7. The summed E-state index contributed by atoms with van der Waals surface area (Å²) in [5, 5.41) is 1.18. The molecule has 26 heavy (non-hydrogen) atoms. The normalized spacial score (nSPS) is 19.6. The molecule has 1 aromatic heterocycles. The lowest BCUT2D eigenvalue weighted by Gasteiger charge is -2.27. The van der Waals surface area contributed by atoms with Gasteiger partial charge in [-0.2, -0.15) is 0 Å². The number of amides is 2. The molecule has 1 aliphatic rings. The van der Waals surface area contributed by atoms with E-state index in [1.165, 1.54) is 0 Å². The Labute approximate surface area is 163 Å². The van der Waals surface area contributed by atoms with Gasteiger partial charge in [0.05, 0.1) is 0 Å². The van der Waals surface area contributed by atoms with Crippen LogP contribution < -0.4 is 5.73 Å². The highest BCUT2D eigenvalue weighted by Crippen LogP contribution is 2.33. The Bertz CT molecular complexity index is 771. The van der Waals surface area contributed by atoms with Gasteiger partial charge in [0.15, 0.2) is 0 Å². The van der Waals surface area contributed by atoms with E-state index in [0.717, 1.165) is 11.1 Å². The number of nitrogens with two attached hydrogens (primary N) is 1. The minimum Gasteiger partial charge on any atom is -0.326 e. The highest BCUT2D eigenvalue weighted by atomic mass is 35.5. The van der Waals surface area contributed by atoms with Crippen LogP contribution >= 0.6 is 23.2 Å². The first-order chi connectivity index (χ1) is 12.5. The van der Waals surface area contributed by atoms with E-state index < -0.39 is 0 Å². The van der Waals surface area contributed by atoms with Crippen LogP contribution in [0.3, 0.4) is 0 Å². The molecule has 2 amide bonds. The van der Waals surface area contributed by atoms with Crippen molar-refractivity contribution in [3.63, 3.8) is 0 Å². The second kappa shape index (κ2) is 8.25. The maximum absolute atomic E-state index is 13.0. The SMILES string of the molecule is CCN(Cc1ccncc1)C(=O)N1CC(N)C(c2ccc(Cl)cc2Cl)C1. The summed E-state index contributed by atoms with van der Waals surface area (Å²) in [6.07, 6.45) is 3.47. The molecule has 0 aliphatic carbocycles. The predicted octanol–water partition coefficient (Wildman–Crippen LogP) is 3.76. The van der Waals surface area contributed by atoms with E-state index in [0.29, 0.717) is 36.2 Å². The molecule has 2 atom stereocenters. The molecule has 1 aromatic carbocycles. The number of halogens is 2. The number of hydrogen-bond acceptors (Lipinski definition) is 3. The van der Waals surface area contributed by atoms with Gasteiger partial charge in [0, 0.05) is 60.6 Å². The fraction of sp³-hybridized carbons (Fsp3) is 0.368. The lowest BCUT2D eigenvalue weighted by Crippen LogP contribution is -2.42. The lowest BCUT2D eigenvalue weighted by atomic mass is 9.95. The molecule has 1 aliphatic heterocycles. The smallest absolute Gasteiger partial charge is 0.320 e. The third kappa shape index (κ3) is 4.11. The van der Waals surface area contributed by atoms with E-state index in [1.807, 2.05) is 41.0 Å². The number of rotatable bonds is 4. The molecular formula is C19H22Cl2N4O. The fourth-order valence-electron chi connectivity index (χ4n) is 3.34. The fourth-order valence-corrected chi connectivity index (χ4v) is 3.89. The molecule has 2 N–H and O–H groups in total. The zero-order valence-electron chi connectivity index (χ0n) is 14.6. The predicted molar refractivity (Wildman–Crippen MR) is 104 cm³/mol. The Hall–Kier alpha value is -1.82. The minimum atomic E-state index is -0.155. The molecular weight excluding hydrogens is 371 g/mol. The number of pyridine rings is 1. The summed E-state index contributed by atoms with van der Waals surface area (Å²) in [5.41, 5.74) is 8.32. The number of nitrogens with zero attached hydrogens (tertiary/aromatic N) is 3. The molecule has 7 heteroatoms. The number of hydrogen-bond donors (Lipinski definition) is 1. The second-order valence-corrected chi connectivity index (χ2v) is 7.34. The van der Waals surface area contributed by atoms with Gasteiger partial charge in [0.1, 0.15) is 0 Å². The van der Waals surface area contributed by atoms with Gasteiger partial charge in [-0.15, -0.1) is 0 Å². The Morgan fingerprint density at radius 1 is 1.27 bits per heavy atom. The first kappa shape index (κ1) is 19.0. The molecule has 2 unspecified atom stereocenters. The summed E-state index contributed by atoms with van der Waals surface area (Å²) in [7, 11) is 0. The molecule has 0 bridgehead atoms. The van der Waals surface area contributed by atoms with Crippen molar-refractivity contribution in [1.82, 2.24) is 14.8 Å². The van der Waals surface area contributed by atoms with Crippen LogP contribution in [0.1, 0.15) is 24.0 Å². The van der Waals surface area contributed by atoms with Crippen LogP contribution in [0.25, 0.3) is 0 Å². The van der Waals surface area contributed by atoms with E-state index in [-0.39, 0.29) is 18.0 Å². The van der Waals surface area contributed by atoms with Crippen molar-refractivity contribution in [1.29, 1.82) is 0 Å². The van der Waals surface area contributed by atoms with Gasteiger partial charge in [-0.1, -0.05) is 29.3 Å². The molecule has 0 spiro atoms. The first-order valence-electron chi connectivity index (χ1n) is 8.63. The largest absolute Gasteiger partial charge is 0.326 e. The van der Waals surface area contributed by atoms with Crippen molar-refractivity contribution in [2.45, 2.75) is 25.4 Å². The molecule has 2 aromatic rings. The van der Waals surface area contributed by atoms with E-state index in [2.05, 4.69) is 4.98 Å². The van der Waals surface area contributed by atoms with Gasteiger partial charge in [0.2, 0.25) is 0 Å². The van der Waals surface area contributed by atoms with Crippen molar-refractivity contribution in [3.8, 4) is 0 Å². The minimum absolute atomic E-state index is 0.00310. The number of urea groups is 1. The van der Waals surface area contributed by atoms with Crippen LogP contribution in [-0.2, 0) is 6.54 Å². The van der Waals surface area contributed by atoms with Gasteiger partial charge >= 0.3 is 6.03 Å². The van der Waals surface area contributed by atoms with Gasteiger partial charge in [-0.3, -0.25) is 4.98 Å². The quantitative estimate of drug-likeness (QED) is 0.861. The summed E-state index contributed by atoms with van der Waals surface area (Å²) in [5.74, 6) is 0.00310. The third-order valence-corrected chi connectivity index (χ3v) is 5.34. The third-order valence-electron chi connectivity index (χ3n) is 4.77. The topological polar surface area (TPSA) is 62.5 Å². The Morgan fingerprint density at radius 2 is 2.00 bits per heavy atom. The summed E-state index contributed by atoms with van der Waals surface area (Å²) in [6, 6.07) is 9.10. The molecule has 138 valence electrons. The van der Waals surface area contributed by atoms with E-state index >= 15 is 0 Å². The van der Waals surface area contributed by atoms with Crippen molar-refractivity contribution >= 4 is 29.2 Å². The maximum Gasteiger partial charge on any atom is 0.320 e. The van der Waals surface area contributed by atoms with Crippen LogP contribution in [0.5, 0.6) is 0 Å². The summed E-state index contributed by atoms with van der Waals surface area (Å²) in [6.45, 7) is 4.21. The molecule has 0 saturated carbocycles. The van der Waals surface area contributed by atoms with Gasteiger partial charge in [0.25, 0.3) is 0 Å². The van der Waals surface area contributed by atoms with Crippen LogP contribution in [0.15, 0.2) is 42.7 Å². The zero-order valence-corrected chi connectivity index (χ0v) is 16.1. The average molecular weight is 393 g/mol. The number of likely N-dealkylation sites (tertiary alicyclic amines) is 1. The number of benzene rings is 1. The van der Waals surface area contributed by atoms with Crippen molar-refractivity contribution in [2.24, 2.45) is 5.73 Å². The van der Waals surface area contributed by atoms with Gasteiger partial charge in [-0.25, -0.2) is 4.79 Å². The molecule has 5 nitrogen and oxygen atoms in total. The van der Waals surface area contributed by atoms with Crippen LogP contribution in [0.4, 0.5) is 4.79 Å². The average Bonchev–Trinajstić information content (AvgIpc) is 3.01. The molecule has 0 radical (unpaired) electrons. The Kier molecular flexibility index (Phi) is 6.01. The monoisotopic (exact) mass is 392 g/mol. The standard InChI is InChI=1S/C19H22Cl2N4O/c1-2-24(10-13-5-7-23-8-6-13)19(26)25-11-16(18(22)12-25)15-4-3-14(20)9-17(15)21/h3-9,16,18H,2,10-12,22H2,1H3. The lowest BCUT2D eigenvalue weighted by molar-refractivity contribution is 0.161. The summed E-state index contributed by atoms with van der Waals surface area (Å²) >= 11 is 12.3. The van der Waals surface area contributed by atoms with E-state index in [9.17, 15) is 4.79 Å². The van der Waals surface area contributed by atoms with Crippen molar-refractivity contribution in [2.75, 3.05) is 19.6 Å². The highest BCUT2D eigenvalue weighted by molar-refractivity contribution is 6.35. The molecule has 2 heterocycles. The Morgan fingerprint density at radius 3 is 2.65 bits per heavy atom. The summed E-state index contributed by atoms with van der Waals surface area (Å²) in [4.78, 5) is 20.6. The van der Waals surface area contributed by atoms with Crippen molar-refractivity contribution < 1.29 is 4.79 Å². The van der Waals surface area contributed by atoms with E-state index in [4.69, 9.17) is 28.9 Å². The van der Waals surface area contributed by atoms with Gasteiger partial charge in [-0.05, 0) is 42.3 Å². The number of carbonyl (C=O) groups excluding carboxylic acids is 1. The number of aromatic nitrogens is 1. The number of carbonyl (C=O) groups is 1. The maximum atomic E-state index is 13.0. The van der Waals surface area contributed by atoms with E-state index in [1.54, 1.807) is 18.5 Å². The Balaban J connectivity index is 1.72.